The maximum absolute atomic E-state index is 12.1. The molecule has 1 atom stereocenters. The summed E-state index contributed by atoms with van der Waals surface area (Å²) in [6.45, 7) is 1.90. The minimum Gasteiger partial charge on any atom is -0.269 e. The lowest BCUT2D eigenvalue weighted by atomic mass is 10.1. The predicted molar refractivity (Wildman–Crippen MR) is 64.8 cm³/mol. The van der Waals surface area contributed by atoms with E-state index >= 15 is 0 Å². The average Bonchev–Trinajstić information content (AvgIpc) is 2.63. The van der Waals surface area contributed by atoms with Crippen molar-refractivity contribution in [2.45, 2.75) is 25.9 Å². The molecule has 0 bridgehead atoms. The van der Waals surface area contributed by atoms with E-state index in [1.54, 1.807) is 24.3 Å². The van der Waals surface area contributed by atoms with E-state index in [9.17, 15) is 9.59 Å². The van der Waals surface area contributed by atoms with Gasteiger partial charge in [-0.2, -0.15) is 0 Å². The molecule has 0 fully saturated rings. The van der Waals surface area contributed by atoms with Crippen LogP contribution in [-0.4, -0.2) is 22.9 Å². The van der Waals surface area contributed by atoms with Crippen LogP contribution in [0.3, 0.4) is 0 Å². The summed E-state index contributed by atoms with van der Waals surface area (Å²) in [5.74, 6) is -0.775. The fourth-order valence-electron chi connectivity index (χ4n) is 2.03. The highest BCUT2D eigenvalue weighted by molar-refractivity contribution is 6.21. The Hall–Kier alpha value is -2.33. The van der Waals surface area contributed by atoms with Gasteiger partial charge in [-0.25, -0.2) is 0 Å². The SMILES string of the molecule is CCCC(N=[N+]=[N-])N1C(=O)c2ccccc2C1=O. The average molecular weight is 244 g/mol. The van der Waals surface area contributed by atoms with E-state index in [-0.39, 0.29) is 11.8 Å². The maximum Gasteiger partial charge on any atom is 0.261 e. The summed E-state index contributed by atoms with van der Waals surface area (Å²) in [4.78, 5) is 28.0. The zero-order valence-electron chi connectivity index (χ0n) is 9.91. The number of amides is 2. The van der Waals surface area contributed by atoms with Crippen LogP contribution in [0.15, 0.2) is 29.4 Å². The number of nitrogens with zero attached hydrogens (tertiary/aromatic N) is 4. The highest BCUT2D eigenvalue weighted by Crippen LogP contribution is 2.26. The quantitative estimate of drug-likeness (QED) is 0.353. The van der Waals surface area contributed by atoms with Gasteiger partial charge in [0, 0.05) is 4.91 Å². The van der Waals surface area contributed by atoms with Gasteiger partial charge in [0.1, 0.15) is 6.17 Å². The lowest BCUT2D eigenvalue weighted by molar-refractivity contribution is 0.0580. The van der Waals surface area contributed by atoms with Gasteiger partial charge in [-0.15, -0.1) is 0 Å². The number of azide groups is 1. The molecule has 18 heavy (non-hydrogen) atoms. The van der Waals surface area contributed by atoms with Crippen LogP contribution in [0, 0.1) is 0 Å². The molecule has 6 nitrogen and oxygen atoms in total. The normalized spacial score (nSPS) is 15.3. The van der Waals surface area contributed by atoms with Gasteiger partial charge in [-0.05, 0) is 24.1 Å². The molecule has 1 aromatic rings. The van der Waals surface area contributed by atoms with Crippen molar-refractivity contribution in [3.05, 3.63) is 45.8 Å². The van der Waals surface area contributed by atoms with Crippen LogP contribution in [0.4, 0.5) is 0 Å². The molecule has 2 amide bonds. The Labute approximate surface area is 104 Å². The first kappa shape index (κ1) is 12.1. The maximum atomic E-state index is 12.1. The summed E-state index contributed by atoms with van der Waals surface area (Å²) < 4.78 is 0. The van der Waals surface area contributed by atoms with Crippen molar-refractivity contribution < 1.29 is 9.59 Å². The van der Waals surface area contributed by atoms with Crippen LogP contribution in [0.1, 0.15) is 40.5 Å². The third kappa shape index (κ3) is 1.83. The number of carbonyl (C=O) groups excluding carboxylic acids is 2. The van der Waals surface area contributed by atoms with E-state index in [1.165, 1.54) is 0 Å². The molecule has 1 heterocycles. The molecule has 0 aliphatic carbocycles. The van der Waals surface area contributed by atoms with E-state index in [2.05, 4.69) is 10.0 Å². The molecule has 1 aliphatic rings. The summed E-state index contributed by atoms with van der Waals surface area (Å²) in [5.41, 5.74) is 9.27. The van der Waals surface area contributed by atoms with E-state index in [1.807, 2.05) is 6.92 Å². The second-order valence-corrected chi connectivity index (χ2v) is 4.00. The largest absolute Gasteiger partial charge is 0.269 e. The summed E-state index contributed by atoms with van der Waals surface area (Å²) in [5, 5.41) is 3.54. The summed E-state index contributed by atoms with van der Waals surface area (Å²) in [6, 6.07) is 6.62. The summed E-state index contributed by atoms with van der Waals surface area (Å²) >= 11 is 0. The van der Waals surface area contributed by atoms with Crippen LogP contribution >= 0.6 is 0 Å². The van der Waals surface area contributed by atoms with Crippen LogP contribution in [0.25, 0.3) is 10.4 Å². The molecule has 0 aromatic heterocycles. The highest BCUT2D eigenvalue weighted by atomic mass is 16.2. The third-order valence-corrected chi connectivity index (χ3v) is 2.86. The molecule has 1 unspecified atom stereocenters. The molecule has 1 aromatic carbocycles. The smallest absolute Gasteiger partial charge is 0.261 e. The van der Waals surface area contributed by atoms with Gasteiger partial charge in [0.05, 0.1) is 11.1 Å². The van der Waals surface area contributed by atoms with Gasteiger partial charge >= 0.3 is 0 Å². The Morgan fingerprint density at radius 1 is 1.28 bits per heavy atom. The van der Waals surface area contributed by atoms with E-state index in [0.29, 0.717) is 17.5 Å². The zero-order valence-corrected chi connectivity index (χ0v) is 9.91. The number of hydrogen-bond acceptors (Lipinski definition) is 3. The molecule has 0 saturated heterocycles. The van der Waals surface area contributed by atoms with Crippen LogP contribution in [0.2, 0.25) is 0 Å². The van der Waals surface area contributed by atoms with Crippen molar-refractivity contribution in [3.63, 3.8) is 0 Å². The Bertz CT molecular complexity index is 514. The topological polar surface area (TPSA) is 86.1 Å². The van der Waals surface area contributed by atoms with Gasteiger partial charge in [0.2, 0.25) is 0 Å². The fourth-order valence-corrected chi connectivity index (χ4v) is 2.03. The first-order valence-corrected chi connectivity index (χ1v) is 5.71. The molecule has 0 spiro atoms. The Morgan fingerprint density at radius 2 is 1.83 bits per heavy atom. The Kier molecular flexibility index (Phi) is 3.30. The molecule has 6 heteroatoms. The standard InChI is InChI=1S/C12H12N4O2/c1-2-5-10(14-15-13)16-11(17)8-6-3-4-7-9(8)12(16)18/h3-4,6-7,10H,2,5H2,1H3. The summed E-state index contributed by atoms with van der Waals surface area (Å²) in [6.07, 6.45) is 0.444. The second-order valence-electron chi connectivity index (χ2n) is 4.00. The highest BCUT2D eigenvalue weighted by Gasteiger charge is 2.38. The predicted octanol–water partition coefficient (Wildman–Crippen LogP) is 2.72. The summed E-state index contributed by atoms with van der Waals surface area (Å²) in [7, 11) is 0. The monoisotopic (exact) mass is 244 g/mol. The second kappa shape index (κ2) is 4.89. The van der Waals surface area contributed by atoms with Crippen LogP contribution < -0.4 is 0 Å². The number of hydrogen-bond donors (Lipinski definition) is 0. The van der Waals surface area contributed by atoms with Crippen LogP contribution in [0.5, 0.6) is 0 Å². The minimum absolute atomic E-state index is 0.372. The molecule has 0 N–H and O–H groups in total. The number of rotatable bonds is 4. The minimum atomic E-state index is -0.743. The van der Waals surface area contributed by atoms with Crippen molar-refractivity contribution in [1.29, 1.82) is 0 Å². The number of carbonyl (C=O) groups is 2. The molecule has 92 valence electrons. The molecule has 0 saturated carbocycles. The van der Waals surface area contributed by atoms with Crippen molar-refractivity contribution in [3.8, 4) is 0 Å². The van der Waals surface area contributed by atoms with Gasteiger partial charge in [0.15, 0.2) is 0 Å². The van der Waals surface area contributed by atoms with Crippen molar-refractivity contribution in [2.24, 2.45) is 5.11 Å². The van der Waals surface area contributed by atoms with Gasteiger partial charge < -0.3 is 0 Å². The van der Waals surface area contributed by atoms with E-state index in [0.717, 1.165) is 11.3 Å². The van der Waals surface area contributed by atoms with Crippen molar-refractivity contribution >= 4 is 11.8 Å². The van der Waals surface area contributed by atoms with Crippen molar-refractivity contribution in [1.82, 2.24) is 4.90 Å². The fraction of sp³-hybridized carbons (Fsp3) is 0.333. The van der Waals surface area contributed by atoms with Gasteiger partial charge in [0.25, 0.3) is 11.8 Å². The first-order valence-electron chi connectivity index (χ1n) is 5.71. The Morgan fingerprint density at radius 3 is 2.28 bits per heavy atom. The molecular weight excluding hydrogens is 232 g/mol. The Balaban J connectivity index is 2.40. The first-order chi connectivity index (χ1) is 8.70. The van der Waals surface area contributed by atoms with Crippen molar-refractivity contribution in [2.75, 3.05) is 0 Å². The zero-order chi connectivity index (χ0) is 13.1. The number of fused-ring (bicyclic) bond motifs is 1. The van der Waals surface area contributed by atoms with Crippen LogP contribution in [-0.2, 0) is 0 Å². The van der Waals surface area contributed by atoms with Gasteiger partial charge in [-0.1, -0.05) is 30.6 Å². The molecule has 1 aliphatic heterocycles. The third-order valence-electron chi connectivity index (χ3n) is 2.86. The molecule has 0 radical (unpaired) electrons. The lowest BCUT2D eigenvalue weighted by Gasteiger charge is -2.21. The molecular formula is C12H12N4O2. The van der Waals surface area contributed by atoms with E-state index < -0.39 is 6.17 Å². The lowest BCUT2D eigenvalue weighted by Crippen LogP contribution is -2.38. The van der Waals surface area contributed by atoms with E-state index in [4.69, 9.17) is 5.53 Å². The number of benzene rings is 1. The number of imide groups is 1. The molecule has 2 rings (SSSR count). The van der Waals surface area contributed by atoms with Gasteiger partial charge in [-0.3, -0.25) is 14.5 Å².